The molecule has 0 spiro atoms. The van der Waals surface area contributed by atoms with Crippen molar-refractivity contribution in [2.45, 2.75) is 13.0 Å². The number of rotatable bonds is 3. The summed E-state index contributed by atoms with van der Waals surface area (Å²) in [7, 11) is 0. The topological polar surface area (TPSA) is 53.2 Å². The van der Waals surface area contributed by atoms with E-state index in [1.54, 1.807) is 6.20 Å². The van der Waals surface area contributed by atoms with Gasteiger partial charge in [0, 0.05) is 35.9 Å². The van der Waals surface area contributed by atoms with E-state index in [4.69, 9.17) is 4.74 Å². The average molecular weight is 334 g/mol. The lowest BCUT2D eigenvalue weighted by Crippen LogP contribution is -2.43. The molecule has 25 heavy (non-hydrogen) atoms. The van der Waals surface area contributed by atoms with Crippen LogP contribution in [-0.2, 0) is 4.74 Å². The first-order chi connectivity index (χ1) is 12.2. The standard InChI is InChI=1S/C20H22N4O/c1-14-11-18(24-9-10-25-13-15(24)2)12-20(22-14)17-5-3-16(4-6-17)19-7-8-21-23-19/h3-8,11-12,15,22H,1,9-10,13H2,2H3,(H,21,23). The van der Waals surface area contributed by atoms with Gasteiger partial charge in [0.2, 0.25) is 0 Å². The van der Waals surface area contributed by atoms with Crippen molar-refractivity contribution in [3.05, 3.63) is 72.2 Å². The molecule has 1 aromatic heterocycles. The van der Waals surface area contributed by atoms with Gasteiger partial charge < -0.3 is 15.0 Å². The number of allylic oxidation sites excluding steroid dienone is 2. The van der Waals surface area contributed by atoms with Gasteiger partial charge in [-0.25, -0.2) is 0 Å². The molecule has 2 aliphatic heterocycles. The first kappa shape index (κ1) is 15.7. The summed E-state index contributed by atoms with van der Waals surface area (Å²) in [6.45, 7) is 8.75. The predicted molar refractivity (Wildman–Crippen MR) is 99.3 cm³/mol. The van der Waals surface area contributed by atoms with Crippen molar-refractivity contribution in [1.82, 2.24) is 20.4 Å². The van der Waals surface area contributed by atoms with Gasteiger partial charge in [-0.3, -0.25) is 5.10 Å². The molecule has 1 atom stereocenters. The van der Waals surface area contributed by atoms with Crippen molar-refractivity contribution >= 4 is 5.70 Å². The lowest BCUT2D eigenvalue weighted by Gasteiger charge is -2.37. The fourth-order valence-corrected chi connectivity index (χ4v) is 3.29. The molecule has 2 N–H and O–H groups in total. The fourth-order valence-electron chi connectivity index (χ4n) is 3.29. The molecule has 3 heterocycles. The second-order valence-corrected chi connectivity index (χ2v) is 6.44. The Bertz CT molecular complexity index is 818. The molecule has 2 aromatic rings. The van der Waals surface area contributed by atoms with Crippen LogP contribution in [-0.4, -0.2) is 40.9 Å². The highest BCUT2D eigenvalue weighted by Crippen LogP contribution is 2.26. The van der Waals surface area contributed by atoms with Gasteiger partial charge in [0.15, 0.2) is 0 Å². The van der Waals surface area contributed by atoms with E-state index < -0.39 is 0 Å². The quantitative estimate of drug-likeness (QED) is 0.905. The summed E-state index contributed by atoms with van der Waals surface area (Å²) in [5, 5.41) is 10.4. The zero-order chi connectivity index (χ0) is 17.2. The molecule has 1 aromatic carbocycles. The van der Waals surface area contributed by atoms with Crippen LogP contribution in [0.25, 0.3) is 17.0 Å². The van der Waals surface area contributed by atoms with Crippen molar-refractivity contribution in [3.63, 3.8) is 0 Å². The third kappa shape index (κ3) is 3.23. The third-order valence-electron chi connectivity index (χ3n) is 4.62. The molecule has 2 aliphatic rings. The number of aromatic amines is 1. The molecule has 5 nitrogen and oxygen atoms in total. The molecular formula is C20H22N4O. The molecule has 0 amide bonds. The summed E-state index contributed by atoms with van der Waals surface area (Å²) in [5.41, 5.74) is 6.43. The SMILES string of the molecule is C=C1C=C(N2CCOCC2C)C=C(c2ccc(-c3ccn[nH]3)cc2)N1. The van der Waals surface area contributed by atoms with Crippen LogP contribution in [0.2, 0.25) is 0 Å². The monoisotopic (exact) mass is 334 g/mol. The fraction of sp³-hybridized carbons (Fsp3) is 0.250. The van der Waals surface area contributed by atoms with Crippen LogP contribution in [0, 0.1) is 0 Å². The van der Waals surface area contributed by atoms with Gasteiger partial charge in [0.05, 0.1) is 18.9 Å². The van der Waals surface area contributed by atoms with Crippen LogP contribution in [0.3, 0.4) is 0 Å². The Morgan fingerprint density at radius 3 is 2.68 bits per heavy atom. The number of dihydropyridines is 1. The predicted octanol–water partition coefficient (Wildman–Crippen LogP) is 3.14. The molecule has 1 unspecified atom stereocenters. The molecular weight excluding hydrogens is 312 g/mol. The highest BCUT2D eigenvalue weighted by molar-refractivity contribution is 5.72. The number of morpholine rings is 1. The minimum atomic E-state index is 0.367. The number of hydrogen-bond acceptors (Lipinski definition) is 4. The number of hydrogen-bond donors (Lipinski definition) is 2. The minimum Gasteiger partial charge on any atom is -0.377 e. The molecule has 1 saturated heterocycles. The number of H-pyrrole nitrogens is 1. The first-order valence-corrected chi connectivity index (χ1v) is 8.54. The Kier molecular flexibility index (Phi) is 4.15. The summed E-state index contributed by atoms with van der Waals surface area (Å²) in [4.78, 5) is 2.38. The molecule has 128 valence electrons. The first-order valence-electron chi connectivity index (χ1n) is 8.54. The van der Waals surface area contributed by atoms with Crippen molar-refractivity contribution in [3.8, 4) is 11.3 Å². The zero-order valence-corrected chi connectivity index (χ0v) is 14.3. The lowest BCUT2D eigenvalue weighted by atomic mass is 10.0. The van der Waals surface area contributed by atoms with E-state index >= 15 is 0 Å². The largest absolute Gasteiger partial charge is 0.377 e. The lowest BCUT2D eigenvalue weighted by molar-refractivity contribution is 0.0187. The Morgan fingerprint density at radius 2 is 1.96 bits per heavy atom. The number of nitrogens with one attached hydrogen (secondary N) is 2. The van der Waals surface area contributed by atoms with Crippen LogP contribution < -0.4 is 5.32 Å². The molecule has 5 heteroatoms. The van der Waals surface area contributed by atoms with E-state index in [0.717, 1.165) is 48.0 Å². The van der Waals surface area contributed by atoms with Gasteiger partial charge >= 0.3 is 0 Å². The van der Waals surface area contributed by atoms with Crippen molar-refractivity contribution in [2.75, 3.05) is 19.8 Å². The van der Waals surface area contributed by atoms with Crippen LogP contribution >= 0.6 is 0 Å². The van der Waals surface area contributed by atoms with Crippen LogP contribution in [0.4, 0.5) is 0 Å². The molecule has 0 aliphatic carbocycles. The van der Waals surface area contributed by atoms with Crippen LogP contribution in [0.15, 0.2) is 66.7 Å². The highest BCUT2D eigenvalue weighted by atomic mass is 16.5. The van der Waals surface area contributed by atoms with E-state index in [1.807, 2.05) is 6.07 Å². The Hall–Kier alpha value is -2.79. The van der Waals surface area contributed by atoms with Gasteiger partial charge in [-0.1, -0.05) is 30.8 Å². The maximum Gasteiger partial charge on any atom is 0.0668 e. The highest BCUT2D eigenvalue weighted by Gasteiger charge is 2.22. The summed E-state index contributed by atoms with van der Waals surface area (Å²) < 4.78 is 5.55. The van der Waals surface area contributed by atoms with Gasteiger partial charge in [-0.05, 0) is 36.3 Å². The molecule has 1 fully saturated rings. The van der Waals surface area contributed by atoms with Gasteiger partial charge in [0.1, 0.15) is 0 Å². The van der Waals surface area contributed by atoms with Crippen molar-refractivity contribution in [2.24, 2.45) is 0 Å². The second-order valence-electron chi connectivity index (χ2n) is 6.44. The summed E-state index contributed by atoms with van der Waals surface area (Å²) in [6, 6.07) is 10.8. The molecule has 4 rings (SSSR count). The van der Waals surface area contributed by atoms with E-state index in [-0.39, 0.29) is 0 Å². The van der Waals surface area contributed by atoms with Gasteiger partial charge in [0.25, 0.3) is 0 Å². The Morgan fingerprint density at radius 1 is 1.16 bits per heavy atom. The summed E-state index contributed by atoms with van der Waals surface area (Å²) in [5.74, 6) is 0. The summed E-state index contributed by atoms with van der Waals surface area (Å²) in [6.07, 6.45) is 6.06. The number of ether oxygens (including phenoxy) is 1. The minimum absolute atomic E-state index is 0.367. The maximum absolute atomic E-state index is 5.55. The van der Waals surface area contributed by atoms with Crippen molar-refractivity contribution < 1.29 is 4.74 Å². The number of aromatic nitrogens is 2. The number of benzene rings is 1. The van der Waals surface area contributed by atoms with E-state index in [0.29, 0.717) is 6.04 Å². The normalized spacial score (nSPS) is 20.8. The molecule has 0 saturated carbocycles. The molecule has 0 bridgehead atoms. The smallest absolute Gasteiger partial charge is 0.0668 e. The van der Waals surface area contributed by atoms with Gasteiger partial charge in [-0.2, -0.15) is 5.10 Å². The second kappa shape index (κ2) is 6.61. The maximum atomic E-state index is 5.55. The van der Waals surface area contributed by atoms with E-state index in [9.17, 15) is 0 Å². The van der Waals surface area contributed by atoms with Crippen LogP contribution in [0.5, 0.6) is 0 Å². The zero-order valence-electron chi connectivity index (χ0n) is 14.3. The third-order valence-corrected chi connectivity index (χ3v) is 4.62. The van der Waals surface area contributed by atoms with Crippen molar-refractivity contribution in [1.29, 1.82) is 0 Å². The van der Waals surface area contributed by atoms with E-state index in [2.05, 4.69) is 70.3 Å². The Balaban J connectivity index is 1.61. The average Bonchev–Trinajstić information content (AvgIpc) is 3.16. The summed E-state index contributed by atoms with van der Waals surface area (Å²) >= 11 is 0. The Labute approximate surface area is 147 Å². The molecule has 0 radical (unpaired) electrons. The van der Waals surface area contributed by atoms with Gasteiger partial charge in [-0.15, -0.1) is 0 Å². The van der Waals surface area contributed by atoms with E-state index in [1.165, 1.54) is 5.70 Å². The number of nitrogens with zero attached hydrogens (tertiary/aromatic N) is 2. The van der Waals surface area contributed by atoms with Crippen LogP contribution in [0.1, 0.15) is 12.5 Å².